The van der Waals surface area contributed by atoms with Crippen molar-refractivity contribution in [3.8, 4) is 0 Å². The molecule has 1 aromatic heterocycles. The normalized spacial score (nSPS) is 10.8. The van der Waals surface area contributed by atoms with Crippen molar-refractivity contribution in [1.29, 1.82) is 0 Å². The van der Waals surface area contributed by atoms with Crippen molar-refractivity contribution in [3.63, 3.8) is 0 Å². The number of aromatic carboxylic acids is 1. The minimum absolute atomic E-state index is 0.229. The highest BCUT2D eigenvalue weighted by molar-refractivity contribution is 6.02. The van der Waals surface area contributed by atoms with Gasteiger partial charge in [-0.25, -0.2) is 9.18 Å². The van der Waals surface area contributed by atoms with E-state index in [1.165, 1.54) is 12.1 Å². The summed E-state index contributed by atoms with van der Waals surface area (Å²) < 4.78 is 14.6. The Hall–Kier alpha value is -2.69. The van der Waals surface area contributed by atoms with Gasteiger partial charge in [0.05, 0.1) is 23.8 Å². The van der Waals surface area contributed by atoms with Gasteiger partial charge in [-0.05, 0) is 29.8 Å². The Labute approximate surface area is 114 Å². The smallest absolute Gasteiger partial charge is 0.336 e. The lowest BCUT2D eigenvalue weighted by molar-refractivity contribution is 0.0699. The molecular weight excluding hydrogens is 259 g/mol. The van der Waals surface area contributed by atoms with E-state index in [9.17, 15) is 9.18 Å². The standard InChI is InChI=1S/C15H11FN2O2/c16-11-6-4-10(5-7-11)9-18-14-3-1-2-12(15(19)20)13(14)8-17-18/h1-8H,9H2,(H,19,20). The van der Waals surface area contributed by atoms with Crippen LogP contribution in [0, 0.1) is 5.82 Å². The highest BCUT2D eigenvalue weighted by Gasteiger charge is 2.11. The van der Waals surface area contributed by atoms with E-state index in [1.807, 2.05) is 6.07 Å². The van der Waals surface area contributed by atoms with Crippen LogP contribution in [0.25, 0.3) is 10.9 Å². The average Bonchev–Trinajstić information content (AvgIpc) is 2.84. The second kappa shape index (κ2) is 4.77. The molecule has 0 amide bonds. The molecule has 0 radical (unpaired) electrons. The second-order valence-corrected chi connectivity index (χ2v) is 4.47. The summed E-state index contributed by atoms with van der Waals surface area (Å²) in [4.78, 5) is 11.1. The lowest BCUT2D eigenvalue weighted by Crippen LogP contribution is -2.02. The molecule has 3 aromatic rings. The fourth-order valence-electron chi connectivity index (χ4n) is 2.18. The maximum Gasteiger partial charge on any atom is 0.336 e. The van der Waals surface area contributed by atoms with Crippen LogP contribution in [-0.2, 0) is 6.54 Å². The molecule has 1 heterocycles. The Morgan fingerprint density at radius 1 is 1.20 bits per heavy atom. The van der Waals surface area contributed by atoms with Gasteiger partial charge < -0.3 is 5.11 Å². The van der Waals surface area contributed by atoms with Crippen LogP contribution in [0.1, 0.15) is 15.9 Å². The van der Waals surface area contributed by atoms with Gasteiger partial charge in [0.25, 0.3) is 0 Å². The Morgan fingerprint density at radius 3 is 2.65 bits per heavy atom. The first kappa shape index (κ1) is 12.3. The molecule has 3 rings (SSSR count). The number of nitrogens with zero attached hydrogens (tertiary/aromatic N) is 2. The van der Waals surface area contributed by atoms with Gasteiger partial charge in [0, 0.05) is 5.39 Å². The molecule has 0 saturated carbocycles. The molecule has 0 unspecified atom stereocenters. The fourth-order valence-corrected chi connectivity index (χ4v) is 2.18. The van der Waals surface area contributed by atoms with Crippen LogP contribution in [0.15, 0.2) is 48.7 Å². The molecule has 1 N–H and O–H groups in total. The highest BCUT2D eigenvalue weighted by atomic mass is 19.1. The summed E-state index contributed by atoms with van der Waals surface area (Å²) in [5.41, 5.74) is 1.87. The number of carboxylic acids is 1. The maximum atomic E-state index is 12.9. The molecule has 0 spiro atoms. The number of hydrogen-bond acceptors (Lipinski definition) is 2. The first-order valence-electron chi connectivity index (χ1n) is 6.07. The van der Waals surface area contributed by atoms with E-state index in [1.54, 1.807) is 35.1 Å². The van der Waals surface area contributed by atoms with Gasteiger partial charge in [-0.2, -0.15) is 5.10 Å². The third-order valence-electron chi connectivity index (χ3n) is 3.16. The third kappa shape index (κ3) is 2.14. The zero-order chi connectivity index (χ0) is 14.1. The number of benzene rings is 2. The predicted octanol–water partition coefficient (Wildman–Crippen LogP) is 2.92. The van der Waals surface area contributed by atoms with Crippen molar-refractivity contribution in [2.45, 2.75) is 6.54 Å². The van der Waals surface area contributed by atoms with Crippen molar-refractivity contribution < 1.29 is 14.3 Å². The van der Waals surface area contributed by atoms with Crippen LogP contribution >= 0.6 is 0 Å². The van der Waals surface area contributed by atoms with Crippen LogP contribution in [0.5, 0.6) is 0 Å². The summed E-state index contributed by atoms with van der Waals surface area (Å²) in [5.74, 6) is -1.26. The molecule has 0 saturated heterocycles. The molecule has 4 nitrogen and oxygen atoms in total. The zero-order valence-corrected chi connectivity index (χ0v) is 10.5. The first-order valence-corrected chi connectivity index (χ1v) is 6.07. The summed E-state index contributed by atoms with van der Waals surface area (Å²) in [5, 5.41) is 13.9. The SMILES string of the molecule is O=C(O)c1cccc2c1cnn2Cc1ccc(F)cc1. The molecule has 0 bridgehead atoms. The Bertz CT molecular complexity index is 778. The number of carbonyl (C=O) groups is 1. The van der Waals surface area contributed by atoms with Gasteiger partial charge >= 0.3 is 5.97 Å². The monoisotopic (exact) mass is 270 g/mol. The van der Waals surface area contributed by atoms with Gasteiger partial charge in [-0.1, -0.05) is 18.2 Å². The number of rotatable bonds is 3. The molecule has 0 atom stereocenters. The van der Waals surface area contributed by atoms with Crippen molar-refractivity contribution in [2.24, 2.45) is 0 Å². The van der Waals surface area contributed by atoms with E-state index in [4.69, 9.17) is 5.11 Å². The summed E-state index contributed by atoms with van der Waals surface area (Å²) in [6.07, 6.45) is 1.54. The van der Waals surface area contributed by atoms with Crippen LogP contribution < -0.4 is 0 Å². The number of fused-ring (bicyclic) bond motifs is 1. The van der Waals surface area contributed by atoms with Gasteiger partial charge in [0.2, 0.25) is 0 Å². The van der Waals surface area contributed by atoms with E-state index >= 15 is 0 Å². The first-order chi connectivity index (χ1) is 9.65. The Balaban J connectivity index is 2.03. The van der Waals surface area contributed by atoms with Crippen LogP contribution in [0.3, 0.4) is 0 Å². The van der Waals surface area contributed by atoms with Gasteiger partial charge in [-0.3, -0.25) is 4.68 Å². The van der Waals surface area contributed by atoms with E-state index in [-0.39, 0.29) is 11.4 Å². The van der Waals surface area contributed by atoms with Gasteiger partial charge in [-0.15, -0.1) is 0 Å². The molecule has 0 aliphatic heterocycles. The molecule has 0 aliphatic rings. The topological polar surface area (TPSA) is 55.1 Å². The summed E-state index contributed by atoms with van der Waals surface area (Å²) in [6.45, 7) is 0.465. The van der Waals surface area contributed by atoms with Gasteiger partial charge in [0.1, 0.15) is 5.82 Å². The van der Waals surface area contributed by atoms with Crippen LogP contribution in [0.4, 0.5) is 4.39 Å². The summed E-state index contributed by atoms with van der Waals surface area (Å²) >= 11 is 0. The van der Waals surface area contributed by atoms with E-state index in [0.29, 0.717) is 11.9 Å². The number of halogens is 1. The van der Waals surface area contributed by atoms with Crippen LogP contribution in [0.2, 0.25) is 0 Å². The maximum absolute atomic E-state index is 12.9. The quantitative estimate of drug-likeness (QED) is 0.796. The minimum atomic E-state index is -0.975. The van der Waals surface area contributed by atoms with Crippen LogP contribution in [-0.4, -0.2) is 20.9 Å². The average molecular weight is 270 g/mol. The predicted molar refractivity (Wildman–Crippen MR) is 72.2 cm³/mol. The Kier molecular flexibility index (Phi) is 2.95. The molecule has 100 valence electrons. The lowest BCUT2D eigenvalue weighted by Gasteiger charge is -2.04. The number of carboxylic acid groups (broad SMARTS) is 1. The van der Waals surface area contributed by atoms with E-state index in [2.05, 4.69) is 5.10 Å². The molecule has 0 aliphatic carbocycles. The highest BCUT2D eigenvalue weighted by Crippen LogP contribution is 2.19. The summed E-state index contributed by atoms with van der Waals surface area (Å²) in [6, 6.07) is 11.2. The molecule has 20 heavy (non-hydrogen) atoms. The Morgan fingerprint density at radius 2 is 1.95 bits per heavy atom. The van der Waals surface area contributed by atoms with Gasteiger partial charge in [0.15, 0.2) is 0 Å². The second-order valence-electron chi connectivity index (χ2n) is 4.47. The minimum Gasteiger partial charge on any atom is -0.478 e. The van der Waals surface area contributed by atoms with Crippen molar-refractivity contribution in [2.75, 3.05) is 0 Å². The van der Waals surface area contributed by atoms with Crippen molar-refractivity contribution >= 4 is 16.9 Å². The summed E-state index contributed by atoms with van der Waals surface area (Å²) in [7, 11) is 0. The van der Waals surface area contributed by atoms with E-state index < -0.39 is 5.97 Å². The number of aromatic nitrogens is 2. The third-order valence-corrected chi connectivity index (χ3v) is 3.16. The molecule has 5 heteroatoms. The molecule has 2 aromatic carbocycles. The zero-order valence-electron chi connectivity index (χ0n) is 10.5. The molecule has 0 fully saturated rings. The molecular formula is C15H11FN2O2. The van der Waals surface area contributed by atoms with Crippen molar-refractivity contribution in [3.05, 3.63) is 65.6 Å². The van der Waals surface area contributed by atoms with Crippen molar-refractivity contribution in [1.82, 2.24) is 9.78 Å². The fraction of sp³-hybridized carbons (Fsp3) is 0.0667. The lowest BCUT2D eigenvalue weighted by atomic mass is 10.1. The number of hydrogen-bond donors (Lipinski definition) is 1. The van der Waals surface area contributed by atoms with E-state index in [0.717, 1.165) is 11.1 Å². The largest absolute Gasteiger partial charge is 0.478 e.